The second-order valence-electron chi connectivity index (χ2n) is 8.46. The van der Waals surface area contributed by atoms with E-state index >= 15 is 0 Å². The number of urea groups is 1. The zero-order valence-corrected chi connectivity index (χ0v) is 18.4. The molecule has 3 heterocycles. The lowest BCUT2D eigenvalue weighted by atomic mass is 10.1. The van der Waals surface area contributed by atoms with E-state index in [-0.39, 0.29) is 37.6 Å². The number of benzene rings is 2. The van der Waals surface area contributed by atoms with E-state index in [1.807, 2.05) is 30.3 Å². The molecule has 0 spiro atoms. The molecular weight excluding hydrogens is 441 g/mol. The van der Waals surface area contributed by atoms with Crippen molar-refractivity contribution in [1.29, 1.82) is 0 Å². The summed E-state index contributed by atoms with van der Waals surface area (Å²) in [6.07, 6.45) is 2.70. The van der Waals surface area contributed by atoms with E-state index in [0.717, 1.165) is 5.56 Å². The van der Waals surface area contributed by atoms with Crippen molar-refractivity contribution in [2.24, 2.45) is 0 Å². The largest absolute Gasteiger partial charge is 0.445 e. The van der Waals surface area contributed by atoms with Gasteiger partial charge in [-0.25, -0.2) is 14.0 Å². The molecule has 176 valence electrons. The van der Waals surface area contributed by atoms with Crippen LogP contribution >= 0.6 is 0 Å². The molecular formula is C24H24FN5O4. The molecule has 1 aromatic heterocycles. The number of carbonyl (C=O) groups is 3. The number of ether oxygens (including phenoxy) is 1. The number of anilines is 1. The van der Waals surface area contributed by atoms with Crippen molar-refractivity contribution in [3.8, 4) is 0 Å². The Morgan fingerprint density at radius 1 is 1.12 bits per heavy atom. The van der Waals surface area contributed by atoms with Gasteiger partial charge in [0.25, 0.3) is 0 Å². The van der Waals surface area contributed by atoms with E-state index in [2.05, 4.69) is 10.4 Å². The van der Waals surface area contributed by atoms with Crippen molar-refractivity contribution < 1.29 is 23.5 Å². The van der Waals surface area contributed by atoms with E-state index in [4.69, 9.17) is 4.74 Å². The minimum Gasteiger partial charge on any atom is -0.445 e. The van der Waals surface area contributed by atoms with Crippen molar-refractivity contribution in [3.63, 3.8) is 0 Å². The highest BCUT2D eigenvalue weighted by Gasteiger charge is 2.29. The first-order chi connectivity index (χ1) is 16.5. The number of hydrogen-bond donors (Lipinski definition) is 1. The lowest BCUT2D eigenvalue weighted by Crippen LogP contribution is -2.49. The molecule has 3 aromatic rings. The Morgan fingerprint density at radius 2 is 1.88 bits per heavy atom. The summed E-state index contributed by atoms with van der Waals surface area (Å²) in [6.45, 7) is 1.40. The molecule has 2 fully saturated rings. The van der Waals surface area contributed by atoms with Crippen molar-refractivity contribution >= 4 is 34.6 Å². The molecule has 2 saturated heterocycles. The maximum Gasteiger partial charge on any atom is 0.410 e. The van der Waals surface area contributed by atoms with Gasteiger partial charge in [-0.1, -0.05) is 30.3 Å². The van der Waals surface area contributed by atoms with Gasteiger partial charge in [-0.15, -0.1) is 0 Å². The molecule has 2 aliphatic rings. The monoisotopic (exact) mass is 465 g/mol. The van der Waals surface area contributed by atoms with Crippen LogP contribution in [0.3, 0.4) is 0 Å². The fourth-order valence-corrected chi connectivity index (χ4v) is 4.51. The van der Waals surface area contributed by atoms with Crippen LogP contribution in [-0.2, 0) is 16.1 Å². The summed E-state index contributed by atoms with van der Waals surface area (Å²) >= 11 is 0. The summed E-state index contributed by atoms with van der Waals surface area (Å²) in [5.41, 5.74) is 1.89. The zero-order chi connectivity index (χ0) is 23.7. The number of amides is 4. The summed E-state index contributed by atoms with van der Waals surface area (Å²) in [5, 5.41) is 7.39. The lowest BCUT2D eigenvalue weighted by Gasteiger charge is -2.32. The lowest BCUT2D eigenvalue weighted by molar-refractivity contribution is -0.120. The maximum absolute atomic E-state index is 14.5. The van der Waals surface area contributed by atoms with Gasteiger partial charge >= 0.3 is 12.1 Å². The van der Waals surface area contributed by atoms with E-state index in [1.54, 1.807) is 15.8 Å². The third kappa shape index (κ3) is 4.30. The number of fused-ring (bicyclic) bond motifs is 1. The highest BCUT2D eigenvalue weighted by molar-refractivity contribution is 6.09. The van der Waals surface area contributed by atoms with Crippen molar-refractivity contribution in [2.45, 2.75) is 31.9 Å². The second-order valence-corrected chi connectivity index (χ2v) is 8.46. The molecule has 5 rings (SSSR count). The molecule has 0 radical (unpaired) electrons. The summed E-state index contributed by atoms with van der Waals surface area (Å²) in [4.78, 5) is 39.3. The first kappa shape index (κ1) is 21.9. The number of likely N-dealkylation sites (tertiary alicyclic amines) is 1. The van der Waals surface area contributed by atoms with Gasteiger partial charge in [-0.3, -0.25) is 19.7 Å². The van der Waals surface area contributed by atoms with Crippen LogP contribution < -0.4 is 10.2 Å². The van der Waals surface area contributed by atoms with Crippen LogP contribution in [-0.4, -0.2) is 52.3 Å². The van der Waals surface area contributed by atoms with Crippen molar-refractivity contribution in [1.82, 2.24) is 20.0 Å². The number of aromatic nitrogens is 2. The standard InChI is InChI=1S/C24H24FN5O4/c25-17-12-20(29-11-8-22(31)27-23(29)32)19-14-26-30(21(19)13-17)18-6-9-28(10-7-18)24(33)34-15-16-4-2-1-3-5-16/h1-5,12-14,18H,6-11,15H2,(H,27,31,32). The number of halogens is 1. The zero-order valence-electron chi connectivity index (χ0n) is 18.4. The molecule has 9 nitrogen and oxygen atoms in total. The average molecular weight is 465 g/mol. The number of piperidine rings is 1. The molecule has 0 aliphatic carbocycles. The molecule has 4 amide bonds. The van der Waals surface area contributed by atoms with Crippen LogP contribution in [0.25, 0.3) is 10.9 Å². The van der Waals surface area contributed by atoms with E-state index < -0.39 is 11.8 Å². The Balaban J connectivity index is 1.28. The minimum absolute atomic E-state index is 0.0258. The van der Waals surface area contributed by atoms with Gasteiger partial charge in [0.2, 0.25) is 5.91 Å². The molecule has 1 N–H and O–H groups in total. The fraction of sp³-hybridized carbons (Fsp3) is 0.333. The van der Waals surface area contributed by atoms with Crippen LogP contribution in [0.5, 0.6) is 0 Å². The van der Waals surface area contributed by atoms with Crippen LogP contribution in [0.15, 0.2) is 48.7 Å². The predicted octanol–water partition coefficient (Wildman–Crippen LogP) is 3.60. The highest BCUT2D eigenvalue weighted by Crippen LogP contribution is 2.33. The summed E-state index contributed by atoms with van der Waals surface area (Å²) in [7, 11) is 0. The molecule has 0 saturated carbocycles. The van der Waals surface area contributed by atoms with E-state index in [1.165, 1.54) is 17.0 Å². The Kier molecular flexibility index (Phi) is 5.87. The molecule has 34 heavy (non-hydrogen) atoms. The molecule has 0 bridgehead atoms. The molecule has 2 aromatic carbocycles. The van der Waals surface area contributed by atoms with Crippen molar-refractivity contribution in [2.75, 3.05) is 24.5 Å². The quantitative estimate of drug-likeness (QED) is 0.635. The summed E-state index contributed by atoms with van der Waals surface area (Å²) in [6, 6.07) is 11.6. The minimum atomic E-state index is -0.571. The van der Waals surface area contributed by atoms with Gasteiger partial charge < -0.3 is 9.64 Å². The third-order valence-corrected chi connectivity index (χ3v) is 6.28. The first-order valence-corrected chi connectivity index (χ1v) is 11.2. The van der Waals surface area contributed by atoms with Crippen LogP contribution in [0.1, 0.15) is 30.9 Å². The van der Waals surface area contributed by atoms with Crippen LogP contribution in [0.2, 0.25) is 0 Å². The average Bonchev–Trinajstić information content (AvgIpc) is 3.27. The van der Waals surface area contributed by atoms with Crippen molar-refractivity contribution in [3.05, 3.63) is 60.0 Å². The van der Waals surface area contributed by atoms with E-state index in [0.29, 0.717) is 42.5 Å². The molecule has 0 atom stereocenters. The highest BCUT2D eigenvalue weighted by atomic mass is 19.1. The van der Waals surface area contributed by atoms with Gasteiger partial charge in [0.05, 0.1) is 23.4 Å². The third-order valence-electron chi connectivity index (χ3n) is 6.28. The Bertz CT molecular complexity index is 1240. The number of hydrogen-bond acceptors (Lipinski definition) is 5. The Hall–Kier alpha value is -3.95. The summed E-state index contributed by atoms with van der Waals surface area (Å²) in [5.74, 6) is -0.838. The number of nitrogens with one attached hydrogen (secondary N) is 1. The number of imide groups is 1. The van der Waals surface area contributed by atoms with Gasteiger partial charge in [0, 0.05) is 31.4 Å². The van der Waals surface area contributed by atoms with E-state index in [9.17, 15) is 18.8 Å². The van der Waals surface area contributed by atoms with Gasteiger partial charge in [0.15, 0.2) is 0 Å². The smallest absolute Gasteiger partial charge is 0.410 e. The van der Waals surface area contributed by atoms with Crippen LogP contribution in [0, 0.1) is 5.82 Å². The molecule has 0 unspecified atom stereocenters. The summed E-state index contributed by atoms with van der Waals surface area (Å²) < 4.78 is 21.7. The predicted molar refractivity (Wildman–Crippen MR) is 122 cm³/mol. The van der Waals surface area contributed by atoms with Gasteiger partial charge in [-0.2, -0.15) is 5.10 Å². The number of rotatable bonds is 4. The Morgan fingerprint density at radius 3 is 2.62 bits per heavy atom. The SMILES string of the molecule is O=C1CCN(c2cc(F)cc3c2cnn3C2CCN(C(=O)OCc3ccccc3)CC2)C(=O)N1. The molecule has 2 aliphatic heterocycles. The Labute approximate surface area is 195 Å². The second kappa shape index (κ2) is 9.12. The van der Waals surface area contributed by atoms with Gasteiger partial charge in [-0.05, 0) is 30.5 Å². The number of carbonyl (C=O) groups excluding carboxylic acids is 3. The van der Waals surface area contributed by atoms with Crippen LogP contribution in [0.4, 0.5) is 19.7 Å². The normalized spacial score (nSPS) is 17.2. The molecule has 10 heteroatoms. The first-order valence-electron chi connectivity index (χ1n) is 11.2. The number of nitrogens with zero attached hydrogens (tertiary/aromatic N) is 4. The maximum atomic E-state index is 14.5. The van der Waals surface area contributed by atoms with Gasteiger partial charge in [0.1, 0.15) is 12.4 Å². The topological polar surface area (TPSA) is 96.8 Å². The fourth-order valence-electron chi connectivity index (χ4n) is 4.51.